The van der Waals surface area contributed by atoms with Gasteiger partial charge in [-0.15, -0.1) is 0 Å². The van der Waals surface area contributed by atoms with Crippen molar-refractivity contribution in [2.24, 2.45) is 22.2 Å². The van der Waals surface area contributed by atoms with Crippen LogP contribution in [0.1, 0.15) is 53.4 Å². The highest BCUT2D eigenvalue weighted by Crippen LogP contribution is 1.88. The van der Waals surface area contributed by atoms with Crippen molar-refractivity contribution in [3.05, 3.63) is 0 Å². The lowest BCUT2D eigenvalue weighted by Gasteiger charge is -2.01. The van der Waals surface area contributed by atoms with Crippen molar-refractivity contribution in [2.45, 2.75) is 59.4 Å². The summed E-state index contributed by atoms with van der Waals surface area (Å²) in [5.41, 5.74) is 15.2. The molecule has 20 heavy (non-hydrogen) atoms. The predicted molar refractivity (Wildman–Crippen MR) is 88.7 cm³/mol. The minimum absolute atomic E-state index is 0.0139. The van der Waals surface area contributed by atoms with E-state index in [4.69, 9.17) is 17.2 Å². The number of Topliss-reactive ketones (excluding diaryl/α,β-unsaturated/α-hetero) is 1. The fourth-order valence-electron chi connectivity index (χ4n) is 0.839. The van der Waals surface area contributed by atoms with Gasteiger partial charge in [-0.1, -0.05) is 26.7 Å². The molecule has 0 fully saturated rings. The average Bonchev–Trinajstić information content (AvgIpc) is 2.43. The Kier molecular flexibility index (Phi) is 24.1. The first-order valence-corrected chi connectivity index (χ1v) is 7.30. The monoisotopic (exact) mass is 289 g/mol. The van der Waals surface area contributed by atoms with Crippen molar-refractivity contribution < 1.29 is 4.79 Å². The van der Waals surface area contributed by atoms with Crippen LogP contribution in [0, 0.1) is 0 Å². The lowest BCUT2D eigenvalue weighted by atomic mass is 10.2. The van der Waals surface area contributed by atoms with Gasteiger partial charge in [-0.25, -0.2) is 0 Å². The van der Waals surface area contributed by atoms with Crippen LogP contribution in [0.25, 0.3) is 0 Å². The van der Waals surface area contributed by atoms with E-state index in [1.165, 1.54) is 19.3 Å². The van der Waals surface area contributed by atoms with E-state index >= 15 is 0 Å². The largest absolute Gasteiger partial charge is 0.370 e. The molecule has 6 nitrogen and oxygen atoms in total. The zero-order valence-electron chi connectivity index (χ0n) is 13.9. The SMILES string of the molecule is CCCCCN.CCCN=C(N)N.CNC(C)C(C)=O. The summed E-state index contributed by atoms with van der Waals surface area (Å²) in [7, 11) is 1.77. The van der Waals surface area contributed by atoms with Crippen LogP contribution >= 0.6 is 0 Å². The molecule has 0 saturated carbocycles. The van der Waals surface area contributed by atoms with Gasteiger partial charge in [0.25, 0.3) is 0 Å². The third-order valence-electron chi connectivity index (χ3n) is 2.37. The Morgan fingerprint density at radius 1 is 1.20 bits per heavy atom. The number of ketones is 1. The number of likely N-dealkylation sites (N-methyl/N-ethyl adjacent to an activating group) is 1. The van der Waals surface area contributed by atoms with Gasteiger partial charge < -0.3 is 22.5 Å². The van der Waals surface area contributed by atoms with Crippen LogP contribution in [-0.4, -0.2) is 37.9 Å². The summed E-state index contributed by atoms with van der Waals surface area (Å²) < 4.78 is 0. The quantitative estimate of drug-likeness (QED) is 0.316. The Bertz CT molecular complexity index is 224. The van der Waals surface area contributed by atoms with Gasteiger partial charge in [0.05, 0.1) is 6.04 Å². The van der Waals surface area contributed by atoms with E-state index < -0.39 is 0 Å². The van der Waals surface area contributed by atoms with Gasteiger partial charge in [-0.3, -0.25) is 9.79 Å². The highest BCUT2D eigenvalue weighted by atomic mass is 16.1. The molecular formula is C14H35N5O. The number of nitrogens with zero attached hydrogens (tertiary/aromatic N) is 1. The molecule has 7 N–H and O–H groups in total. The summed E-state index contributed by atoms with van der Waals surface area (Å²) in [5.74, 6) is 0.365. The van der Waals surface area contributed by atoms with Crippen LogP contribution in [0.5, 0.6) is 0 Å². The first-order chi connectivity index (χ1) is 9.37. The molecule has 0 amide bonds. The third-order valence-corrected chi connectivity index (χ3v) is 2.37. The lowest BCUT2D eigenvalue weighted by molar-refractivity contribution is -0.118. The van der Waals surface area contributed by atoms with Crippen molar-refractivity contribution in [2.75, 3.05) is 20.1 Å². The van der Waals surface area contributed by atoms with Crippen LogP contribution in [-0.2, 0) is 4.79 Å². The van der Waals surface area contributed by atoms with Crippen LogP contribution in [0.3, 0.4) is 0 Å². The number of carbonyl (C=O) groups is 1. The van der Waals surface area contributed by atoms with Crippen molar-refractivity contribution in [3.63, 3.8) is 0 Å². The van der Waals surface area contributed by atoms with E-state index in [0.717, 1.165) is 19.5 Å². The van der Waals surface area contributed by atoms with Crippen molar-refractivity contribution in [3.8, 4) is 0 Å². The van der Waals surface area contributed by atoms with E-state index in [1.807, 2.05) is 13.8 Å². The summed E-state index contributed by atoms with van der Waals surface area (Å²) in [6, 6.07) is 0.0139. The highest BCUT2D eigenvalue weighted by molar-refractivity contribution is 5.80. The molecule has 6 heteroatoms. The maximum absolute atomic E-state index is 10.3. The standard InChI is InChI=1S/C5H11NO.C5H13N.C4H11N3/c1-4(6-3)5(2)7;1-2-3-4-5-6;1-2-3-7-4(5)6/h4,6H,1-3H3;2-6H2,1H3;2-3H2,1H3,(H4,5,6,7). The molecule has 0 heterocycles. The number of unbranched alkanes of at least 4 members (excludes halogenated alkanes) is 2. The minimum atomic E-state index is 0.0139. The first kappa shape index (κ1) is 23.9. The molecule has 0 aromatic carbocycles. The Balaban J connectivity index is -0.000000218. The molecular weight excluding hydrogens is 254 g/mol. The normalized spacial score (nSPS) is 10.3. The average molecular weight is 289 g/mol. The Labute approximate surface area is 124 Å². The number of nitrogens with two attached hydrogens (primary N) is 3. The summed E-state index contributed by atoms with van der Waals surface area (Å²) in [4.78, 5) is 14.0. The van der Waals surface area contributed by atoms with E-state index in [0.29, 0.717) is 0 Å². The zero-order valence-corrected chi connectivity index (χ0v) is 13.9. The summed E-state index contributed by atoms with van der Waals surface area (Å²) in [5, 5.41) is 2.81. The predicted octanol–water partition coefficient (Wildman–Crippen LogP) is 0.988. The van der Waals surface area contributed by atoms with E-state index in [-0.39, 0.29) is 17.8 Å². The zero-order chi connectivity index (χ0) is 16.4. The number of hydrogen-bond donors (Lipinski definition) is 4. The Morgan fingerprint density at radius 3 is 1.85 bits per heavy atom. The van der Waals surface area contributed by atoms with Crippen LogP contribution < -0.4 is 22.5 Å². The minimum Gasteiger partial charge on any atom is -0.370 e. The number of nitrogens with one attached hydrogen (secondary N) is 1. The van der Waals surface area contributed by atoms with Gasteiger partial charge >= 0.3 is 0 Å². The second-order valence-corrected chi connectivity index (χ2v) is 4.42. The molecule has 1 unspecified atom stereocenters. The molecule has 122 valence electrons. The van der Waals surface area contributed by atoms with Gasteiger partial charge in [0, 0.05) is 6.54 Å². The maximum atomic E-state index is 10.3. The van der Waals surface area contributed by atoms with Gasteiger partial charge in [-0.2, -0.15) is 0 Å². The van der Waals surface area contributed by atoms with Gasteiger partial charge in [0.1, 0.15) is 5.78 Å². The van der Waals surface area contributed by atoms with Crippen molar-refractivity contribution in [1.29, 1.82) is 0 Å². The first-order valence-electron chi connectivity index (χ1n) is 7.30. The van der Waals surface area contributed by atoms with Gasteiger partial charge in [0.15, 0.2) is 5.96 Å². The second-order valence-electron chi connectivity index (χ2n) is 4.42. The topological polar surface area (TPSA) is 120 Å². The molecule has 0 aromatic heterocycles. The van der Waals surface area contributed by atoms with E-state index in [9.17, 15) is 4.79 Å². The Hall–Kier alpha value is -1.14. The molecule has 0 aliphatic heterocycles. The maximum Gasteiger partial charge on any atom is 0.185 e. The van der Waals surface area contributed by atoms with E-state index in [2.05, 4.69) is 17.2 Å². The summed E-state index contributed by atoms with van der Waals surface area (Å²) in [6.45, 7) is 9.20. The lowest BCUT2D eigenvalue weighted by Crippen LogP contribution is -2.28. The highest BCUT2D eigenvalue weighted by Gasteiger charge is 2.00. The number of hydrogen-bond acceptors (Lipinski definition) is 4. The molecule has 1 atom stereocenters. The molecule has 0 rings (SSSR count). The second kappa shape index (κ2) is 20.2. The van der Waals surface area contributed by atoms with E-state index in [1.54, 1.807) is 14.0 Å². The summed E-state index contributed by atoms with van der Waals surface area (Å²) in [6.07, 6.45) is 4.75. The molecule has 0 aliphatic carbocycles. The molecule has 0 aliphatic rings. The van der Waals surface area contributed by atoms with Crippen LogP contribution in [0.2, 0.25) is 0 Å². The molecule has 0 bridgehead atoms. The number of guanidine groups is 1. The van der Waals surface area contributed by atoms with Crippen molar-refractivity contribution >= 4 is 11.7 Å². The summed E-state index contributed by atoms with van der Waals surface area (Å²) >= 11 is 0. The van der Waals surface area contributed by atoms with Gasteiger partial charge in [0.2, 0.25) is 0 Å². The number of aliphatic imine (C=N–C) groups is 1. The van der Waals surface area contributed by atoms with Crippen LogP contribution in [0.4, 0.5) is 0 Å². The Morgan fingerprint density at radius 2 is 1.75 bits per heavy atom. The van der Waals surface area contributed by atoms with Crippen LogP contribution in [0.15, 0.2) is 4.99 Å². The molecule has 0 saturated heterocycles. The molecule has 0 aromatic rings. The number of carbonyl (C=O) groups excluding carboxylic acids is 1. The third kappa shape index (κ3) is 30.2. The fraction of sp³-hybridized carbons (Fsp3) is 0.857. The fourth-order valence-corrected chi connectivity index (χ4v) is 0.839. The van der Waals surface area contributed by atoms with Gasteiger partial charge in [-0.05, 0) is 40.3 Å². The van der Waals surface area contributed by atoms with Crippen molar-refractivity contribution in [1.82, 2.24) is 5.32 Å². The number of rotatable bonds is 7. The molecule has 0 radical (unpaired) electrons. The smallest absolute Gasteiger partial charge is 0.185 e. The molecule has 0 spiro atoms.